The minimum atomic E-state index is -0.319. The van der Waals surface area contributed by atoms with Crippen LogP contribution in [0.1, 0.15) is 22.0 Å². The van der Waals surface area contributed by atoms with Crippen LogP contribution in [-0.4, -0.2) is 40.9 Å². The van der Waals surface area contributed by atoms with Crippen LogP contribution in [0.25, 0.3) is 0 Å². The van der Waals surface area contributed by atoms with Gasteiger partial charge in [0.15, 0.2) is 11.5 Å². The summed E-state index contributed by atoms with van der Waals surface area (Å²) in [7, 11) is 6.28. The first kappa shape index (κ1) is 18.6. The van der Waals surface area contributed by atoms with Gasteiger partial charge in [-0.2, -0.15) is 0 Å². The minimum absolute atomic E-state index is 0.224. The van der Waals surface area contributed by atoms with Crippen LogP contribution < -0.4 is 19.5 Å². The molecule has 0 aliphatic heterocycles. The third-order valence-corrected chi connectivity index (χ3v) is 3.86. The van der Waals surface area contributed by atoms with Crippen LogP contribution in [0.3, 0.4) is 0 Å². The van der Waals surface area contributed by atoms with Gasteiger partial charge in [0.1, 0.15) is 11.9 Å². The SMILES string of the molecule is COc1ccc(C(=O)NCC(OC)c2ccccc2OC)cc1OC. The summed E-state index contributed by atoms with van der Waals surface area (Å²) < 4.78 is 21.3. The number of methoxy groups -OCH3 is 4. The van der Waals surface area contributed by atoms with E-state index in [4.69, 9.17) is 18.9 Å². The average molecular weight is 345 g/mol. The maximum absolute atomic E-state index is 12.4. The van der Waals surface area contributed by atoms with Crippen molar-refractivity contribution in [2.75, 3.05) is 35.0 Å². The zero-order valence-corrected chi connectivity index (χ0v) is 14.9. The van der Waals surface area contributed by atoms with Crippen molar-refractivity contribution in [1.82, 2.24) is 5.32 Å². The first-order valence-corrected chi connectivity index (χ1v) is 7.80. The Bertz CT molecular complexity index is 717. The van der Waals surface area contributed by atoms with Crippen molar-refractivity contribution in [2.24, 2.45) is 0 Å². The molecule has 2 aromatic carbocycles. The second-order valence-corrected chi connectivity index (χ2v) is 5.25. The van der Waals surface area contributed by atoms with E-state index in [9.17, 15) is 4.79 Å². The quantitative estimate of drug-likeness (QED) is 0.797. The lowest BCUT2D eigenvalue weighted by Crippen LogP contribution is -2.29. The first-order chi connectivity index (χ1) is 12.1. The van der Waals surface area contributed by atoms with Crippen molar-refractivity contribution >= 4 is 5.91 Å². The van der Waals surface area contributed by atoms with Gasteiger partial charge in [-0.05, 0) is 24.3 Å². The van der Waals surface area contributed by atoms with E-state index in [1.54, 1.807) is 39.5 Å². The summed E-state index contributed by atoms with van der Waals surface area (Å²) in [5.74, 6) is 1.57. The number of hydrogen-bond donors (Lipinski definition) is 1. The third kappa shape index (κ3) is 4.42. The van der Waals surface area contributed by atoms with E-state index in [1.807, 2.05) is 24.3 Å². The molecule has 1 atom stereocenters. The topological polar surface area (TPSA) is 66.0 Å². The second-order valence-electron chi connectivity index (χ2n) is 5.25. The number of rotatable bonds is 8. The fraction of sp³-hybridized carbons (Fsp3) is 0.316. The van der Waals surface area contributed by atoms with Gasteiger partial charge in [0, 0.05) is 24.8 Å². The van der Waals surface area contributed by atoms with Crippen LogP contribution in [0.2, 0.25) is 0 Å². The van der Waals surface area contributed by atoms with E-state index >= 15 is 0 Å². The third-order valence-electron chi connectivity index (χ3n) is 3.86. The minimum Gasteiger partial charge on any atom is -0.496 e. The number of para-hydroxylation sites is 1. The van der Waals surface area contributed by atoms with Gasteiger partial charge in [-0.1, -0.05) is 18.2 Å². The molecule has 0 heterocycles. The molecule has 6 nitrogen and oxygen atoms in total. The zero-order valence-electron chi connectivity index (χ0n) is 14.9. The zero-order chi connectivity index (χ0) is 18.2. The number of hydrogen-bond acceptors (Lipinski definition) is 5. The van der Waals surface area contributed by atoms with E-state index in [0.717, 1.165) is 11.3 Å². The lowest BCUT2D eigenvalue weighted by Gasteiger charge is -2.19. The van der Waals surface area contributed by atoms with Crippen LogP contribution in [-0.2, 0) is 4.74 Å². The smallest absolute Gasteiger partial charge is 0.251 e. The number of carbonyl (C=O) groups is 1. The van der Waals surface area contributed by atoms with E-state index < -0.39 is 0 Å². The lowest BCUT2D eigenvalue weighted by atomic mass is 10.1. The first-order valence-electron chi connectivity index (χ1n) is 7.80. The highest BCUT2D eigenvalue weighted by Gasteiger charge is 2.17. The predicted molar refractivity (Wildman–Crippen MR) is 94.6 cm³/mol. The molecular formula is C19H23NO5. The van der Waals surface area contributed by atoms with Crippen LogP contribution in [0, 0.1) is 0 Å². The molecule has 0 aliphatic carbocycles. The molecule has 0 spiro atoms. The molecule has 0 bridgehead atoms. The standard InChI is InChI=1S/C19H23NO5/c1-22-15-8-6-5-7-14(15)18(25-4)12-20-19(21)13-9-10-16(23-2)17(11-13)24-3/h5-11,18H,12H2,1-4H3,(H,20,21). The summed E-state index contributed by atoms with van der Waals surface area (Å²) in [6.45, 7) is 0.310. The Hall–Kier alpha value is -2.73. The highest BCUT2D eigenvalue weighted by molar-refractivity contribution is 5.94. The maximum Gasteiger partial charge on any atom is 0.251 e. The molecular weight excluding hydrogens is 322 g/mol. The summed E-state index contributed by atoms with van der Waals surface area (Å²) in [5, 5.41) is 2.87. The molecule has 0 radical (unpaired) electrons. The van der Waals surface area contributed by atoms with Gasteiger partial charge in [0.2, 0.25) is 0 Å². The fourth-order valence-corrected chi connectivity index (χ4v) is 2.52. The Morgan fingerprint density at radius 2 is 1.60 bits per heavy atom. The number of ether oxygens (including phenoxy) is 4. The van der Waals surface area contributed by atoms with Crippen LogP contribution in [0.15, 0.2) is 42.5 Å². The molecule has 0 saturated heterocycles. The molecule has 0 aromatic heterocycles. The number of benzene rings is 2. The van der Waals surface area contributed by atoms with Crippen LogP contribution in [0.5, 0.6) is 17.2 Å². The molecule has 2 rings (SSSR count). The van der Waals surface area contributed by atoms with Crippen molar-refractivity contribution in [3.8, 4) is 17.2 Å². The molecule has 0 saturated carbocycles. The van der Waals surface area contributed by atoms with Gasteiger partial charge in [0.05, 0.1) is 21.3 Å². The molecule has 6 heteroatoms. The number of carbonyl (C=O) groups excluding carboxylic acids is 1. The van der Waals surface area contributed by atoms with E-state index in [0.29, 0.717) is 23.6 Å². The molecule has 1 amide bonds. The van der Waals surface area contributed by atoms with Crippen molar-refractivity contribution in [1.29, 1.82) is 0 Å². The van der Waals surface area contributed by atoms with Crippen LogP contribution in [0.4, 0.5) is 0 Å². The van der Waals surface area contributed by atoms with Gasteiger partial charge in [-0.3, -0.25) is 4.79 Å². The van der Waals surface area contributed by atoms with E-state index in [1.165, 1.54) is 7.11 Å². The molecule has 25 heavy (non-hydrogen) atoms. The van der Waals surface area contributed by atoms with Crippen LogP contribution >= 0.6 is 0 Å². The molecule has 0 fully saturated rings. The summed E-state index contributed by atoms with van der Waals surface area (Å²) in [6.07, 6.45) is -0.319. The van der Waals surface area contributed by atoms with Crippen molar-refractivity contribution in [3.05, 3.63) is 53.6 Å². The Morgan fingerprint density at radius 1 is 0.920 bits per heavy atom. The van der Waals surface area contributed by atoms with Gasteiger partial charge in [-0.15, -0.1) is 0 Å². The Morgan fingerprint density at radius 3 is 2.24 bits per heavy atom. The molecule has 0 aliphatic rings. The average Bonchev–Trinajstić information content (AvgIpc) is 2.67. The van der Waals surface area contributed by atoms with Crippen molar-refractivity contribution < 1.29 is 23.7 Å². The molecule has 134 valence electrons. The Balaban J connectivity index is 2.10. The van der Waals surface area contributed by atoms with E-state index in [2.05, 4.69) is 5.32 Å². The number of amides is 1. The van der Waals surface area contributed by atoms with Gasteiger partial charge < -0.3 is 24.3 Å². The predicted octanol–water partition coefficient (Wildman–Crippen LogP) is 2.83. The number of nitrogens with one attached hydrogen (secondary N) is 1. The lowest BCUT2D eigenvalue weighted by molar-refractivity contribution is 0.0819. The highest BCUT2D eigenvalue weighted by Crippen LogP contribution is 2.28. The summed E-state index contributed by atoms with van der Waals surface area (Å²) in [6, 6.07) is 12.6. The van der Waals surface area contributed by atoms with Crippen molar-refractivity contribution in [2.45, 2.75) is 6.10 Å². The Kier molecular flexibility index (Phi) is 6.65. The summed E-state index contributed by atoms with van der Waals surface area (Å²) in [5.41, 5.74) is 1.35. The largest absolute Gasteiger partial charge is 0.496 e. The maximum atomic E-state index is 12.4. The highest BCUT2D eigenvalue weighted by atomic mass is 16.5. The van der Waals surface area contributed by atoms with Crippen molar-refractivity contribution in [3.63, 3.8) is 0 Å². The fourth-order valence-electron chi connectivity index (χ4n) is 2.52. The second kappa shape index (κ2) is 8.94. The summed E-state index contributed by atoms with van der Waals surface area (Å²) in [4.78, 5) is 12.4. The van der Waals surface area contributed by atoms with E-state index in [-0.39, 0.29) is 12.0 Å². The normalized spacial score (nSPS) is 11.5. The molecule has 1 N–H and O–H groups in total. The molecule has 2 aromatic rings. The monoisotopic (exact) mass is 345 g/mol. The Labute approximate surface area is 147 Å². The van der Waals surface area contributed by atoms with Gasteiger partial charge in [-0.25, -0.2) is 0 Å². The molecule has 1 unspecified atom stereocenters. The van der Waals surface area contributed by atoms with Gasteiger partial charge in [0.25, 0.3) is 5.91 Å². The van der Waals surface area contributed by atoms with Gasteiger partial charge >= 0.3 is 0 Å². The summed E-state index contributed by atoms with van der Waals surface area (Å²) >= 11 is 0.